The van der Waals surface area contributed by atoms with Crippen molar-refractivity contribution in [3.05, 3.63) is 18.4 Å². The summed E-state index contributed by atoms with van der Waals surface area (Å²) < 4.78 is 5.16. The minimum absolute atomic E-state index is 0.00798. The number of oxazole rings is 1. The van der Waals surface area contributed by atoms with Crippen LogP contribution in [0.1, 0.15) is 49.1 Å². The Morgan fingerprint density at radius 3 is 2.80 bits per heavy atom. The third-order valence-electron chi connectivity index (χ3n) is 4.51. The van der Waals surface area contributed by atoms with Crippen molar-refractivity contribution in [1.82, 2.24) is 14.8 Å². The number of amides is 1. The van der Waals surface area contributed by atoms with E-state index in [2.05, 4.69) is 9.88 Å². The lowest BCUT2D eigenvalue weighted by atomic mass is 9.98. The maximum atomic E-state index is 12.4. The number of nitrogens with zero attached hydrogens (tertiary/aromatic N) is 3. The van der Waals surface area contributed by atoms with Gasteiger partial charge in [-0.25, -0.2) is 4.98 Å². The van der Waals surface area contributed by atoms with Crippen molar-refractivity contribution in [3.63, 3.8) is 0 Å². The fraction of sp³-hybridized carbons (Fsp3) is 0.733. The molecule has 110 valence electrons. The lowest BCUT2D eigenvalue weighted by molar-refractivity contribution is 0.0556. The number of aromatic nitrogens is 1. The summed E-state index contributed by atoms with van der Waals surface area (Å²) in [5.74, 6) is 0.381. The lowest BCUT2D eigenvalue weighted by Gasteiger charge is -2.36. The third-order valence-corrected chi connectivity index (χ3v) is 4.51. The third kappa shape index (κ3) is 3.03. The van der Waals surface area contributed by atoms with E-state index in [1.807, 2.05) is 4.90 Å². The van der Waals surface area contributed by atoms with Crippen LogP contribution < -0.4 is 0 Å². The van der Waals surface area contributed by atoms with Crippen LogP contribution in [0.2, 0.25) is 0 Å². The second-order valence-corrected chi connectivity index (χ2v) is 5.85. The average molecular weight is 277 g/mol. The van der Waals surface area contributed by atoms with Gasteiger partial charge in [-0.3, -0.25) is 4.79 Å². The van der Waals surface area contributed by atoms with Crippen molar-refractivity contribution in [2.75, 3.05) is 26.2 Å². The van der Waals surface area contributed by atoms with Crippen LogP contribution in [0.15, 0.2) is 17.0 Å². The largest absolute Gasteiger partial charge is 0.438 e. The molecule has 2 fully saturated rings. The van der Waals surface area contributed by atoms with Crippen molar-refractivity contribution in [2.24, 2.45) is 0 Å². The first-order valence-corrected chi connectivity index (χ1v) is 7.76. The van der Waals surface area contributed by atoms with Crippen LogP contribution in [-0.2, 0) is 0 Å². The Bertz CT molecular complexity index is 426. The zero-order valence-corrected chi connectivity index (χ0v) is 12.0. The minimum Gasteiger partial charge on any atom is -0.438 e. The highest BCUT2D eigenvalue weighted by molar-refractivity contribution is 5.91. The van der Waals surface area contributed by atoms with Crippen LogP contribution in [0.25, 0.3) is 0 Å². The van der Waals surface area contributed by atoms with Gasteiger partial charge in [0.2, 0.25) is 5.76 Å². The van der Waals surface area contributed by atoms with Crippen molar-refractivity contribution in [2.45, 2.75) is 44.6 Å². The topological polar surface area (TPSA) is 49.6 Å². The molecule has 0 N–H and O–H groups in total. The van der Waals surface area contributed by atoms with Gasteiger partial charge in [-0.15, -0.1) is 0 Å². The van der Waals surface area contributed by atoms with E-state index in [9.17, 15) is 4.79 Å². The average Bonchev–Trinajstić information content (AvgIpc) is 3.18. The van der Waals surface area contributed by atoms with E-state index in [1.54, 1.807) is 0 Å². The Balaban J connectivity index is 1.59. The van der Waals surface area contributed by atoms with Crippen LogP contribution in [0, 0.1) is 0 Å². The monoisotopic (exact) mass is 277 g/mol. The molecule has 0 unspecified atom stereocenters. The normalized spacial score (nSPS) is 24.2. The van der Waals surface area contributed by atoms with Crippen molar-refractivity contribution in [1.29, 1.82) is 0 Å². The van der Waals surface area contributed by atoms with Crippen LogP contribution >= 0.6 is 0 Å². The molecule has 1 atom stereocenters. The molecule has 1 aromatic heterocycles. The molecule has 20 heavy (non-hydrogen) atoms. The second kappa shape index (κ2) is 6.39. The van der Waals surface area contributed by atoms with Crippen molar-refractivity contribution in [3.8, 4) is 0 Å². The van der Waals surface area contributed by atoms with E-state index in [4.69, 9.17) is 4.42 Å². The van der Waals surface area contributed by atoms with Gasteiger partial charge in [0.15, 0.2) is 6.39 Å². The summed E-state index contributed by atoms with van der Waals surface area (Å²) in [5, 5.41) is 0. The summed E-state index contributed by atoms with van der Waals surface area (Å²) in [7, 11) is 0. The Kier molecular flexibility index (Phi) is 4.35. The number of likely N-dealkylation sites (tertiary alicyclic amines) is 2. The molecular formula is C15H23N3O2. The van der Waals surface area contributed by atoms with Crippen molar-refractivity contribution >= 4 is 5.91 Å². The number of piperidine rings is 1. The molecule has 5 nitrogen and oxygen atoms in total. The summed E-state index contributed by atoms with van der Waals surface area (Å²) in [6, 6.07) is 0.363. The van der Waals surface area contributed by atoms with Gasteiger partial charge in [-0.05, 0) is 51.6 Å². The minimum atomic E-state index is 0.00798. The van der Waals surface area contributed by atoms with Gasteiger partial charge >= 0.3 is 0 Å². The maximum Gasteiger partial charge on any atom is 0.291 e. The predicted molar refractivity (Wildman–Crippen MR) is 75.5 cm³/mol. The number of hydrogen-bond acceptors (Lipinski definition) is 4. The molecule has 2 aliphatic heterocycles. The van der Waals surface area contributed by atoms with Gasteiger partial charge in [0, 0.05) is 19.1 Å². The van der Waals surface area contributed by atoms with Gasteiger partial charge in [-0.1, -0.05) is 0 Å². The number of hydrogen-bond donors (Lipinski definition) is 0. The number of carbonyl (C=O) groups is 1. The van der Waals surface area contributed by atoms with Crippen LogP contribution in [0.5, 0.6) is 0 Å². The summed E-state index contributed by atoms with van der Waals surface area (Å²) in [4.78, 5) is 20.8. The molecule has 2 aliphatic rings. The SMILES string of the molecule is O=C(c1cnco1)N1CCCC[C@H]1CCN1CCCC1. The molecule has 1 amide bonds. The van der Waals surface area contributed by atoms with Gasteiger partial charge < -0.3 is 14.2 Å². The van der Waals surface area contributed by atoms with E-state index in [1.165, 1.54) is 44.9 Å². The first-order chi connectivity index (χ1) is 9.84. The van der Waals surface area contributed by atoms with Crippen LogP contribution in [-0.4, -0.2) is 52.9 Å². The van der Waals surface area contributed by atoms with E-state index in [-0.39, 0.29) is 5.91 Å². The maximum absolute atomic E-state index is 12.4. The van der Waals surface area contributed by atoms with Crippen molar-refractivity contribution < 1.29 is 9.21 Å². The highest BCUT2D eigenvalue weighted by Crippen LogP contribution is 2.23. The molecule has 0 spiro atoms. The van der Waals surface area contributed by atoms with Gasteiger partial charge in [0.25, 0.3) is 5.91 Å². The molecule has 0 aromatic carbocycles. The molecule has 5 heteroatoms. The van der Waals surface area contributed by atoms with Crippen LogP contribution in [0.4, 0.5) is 0 Å². The summed E-state index contributed by atoms with van der Waals surface area (Å²) >= 11 is 0. The highest BCUT2D eigenvalue weighted by atomic mass is 16.3. The molecule has 0 saturated carbocycles. The van der Waals surface area contributed by atoms with Crippen LogP contribution in [0.3, 0.4) is 0 Å². The second-order valence-electron chi connectivity index (χ2n) is 5.85. The lowest BCUT2D eigenvalue weighted by Crippen LogP contribution is -2.45. The van der Waals surface area contributed by atoms with Gasteiger partial charge in [0.05, 0.1) is 6.20 Å². The van der Waals surface area contributed by atoms with E-state index < -0.39 is 0 Å². The Morgan fingerprint density at radius 2 is 2.05 bits per heavy atom. The summed E-state index contributed by atoms with van der Waals surface area (Å²) in [6.07, 6.45) is 10.0. The molecule has 3 rings (SSSR count). The first-order valence-electron chi connectivity index (χ1n) is 7.76. The molecule has 0 radical (unpaired) electrons. The van der Waals surface area contributed by atoms with Gasteiger partial charge in [0.1, 0.15) is 0 Å². The zero-order chi connectivity index (χ0) is 13.8. The van der Waals surface area contributed by atoms with E-state index in [0.717, 1.165) is 32.4 Å². The summed E-state index contributed by atoms with van der Waals surface area (Å²) in [5.41, 5.74) is 0. The highest BCUT2D eigenvalue weighted by Gasteiger charge is 2.29. The Hall–Kier alpha value is -1.36. The Labute approximate surface area is 119 Å². The fourth-order valence-electron chi connectivity index (χ4n) is 3.37. The van der Waals surface area contributed by atoms with E-state index >= 15 is 0 Å². The van der Waals surface area contributed by atoms with Gasteiger partial charge in [-0.2, -0.15) is 0 Å². The fourth-order valence-corrected chi connectivity index (χ4v) is 3.37. The standard InChI is InChI=1S/C15H23N3O2/c19-15(14-11-16-12-20-14)18-9-2-1-5-13(18)6-10-17-7-3-4-8-17/h11-13H,1-10H2/t13-/m0/s1. The summed E-state index contributed by atoms with van der Waals surface area (Å²) in [6.45, 7) is 4.42. The molecule has 1 aromatic rings. The van der Waals surface area contributed by atoms with E-state index in [0.29, 0.717) is 11.8 Å². The quantitative estimate of drug-likeness (QED) is 0.846. The number of carbonyl (C=O) groups excluding carboxylic acids is 1. The first kappa shape index (κ1) is 13.6. The molecule has 3 heterocycles. The molecule has 2 saturated heterocycles. The predicted octanol–water partition coefficient (Wildman–Crippen LogP) is 2.16. The smallest absolute Gasteiger partial charge is 0.291 e. The molecular weight excluding hydrogens is 254 g/mol. The Morgan fingerprint density at radius 1 is 1.25 bits per heavy atom. The number of rotatable bonds is 4. The molecule has 0 bridgehead atoms. The zero-order valence-electron chi connectivity index (χ0n) is 12.0. The molecule has 0 aliphatic carbocycles.